The van der Waals surface area contributed by atoms with Gasteiger partial charge in [-0.3, -0.25) is 0 Å². The Morgan fingerprint density at radius 3 is 2.76 bits per heavy atom. The molecule has 1 N–H and O–H groups in total. The minimum absolute atomic E-state index is 0.700. The zero-order chi connectivity index (χ0) is 14.9. The van der Waals surface area contributed by atoms with Gasteiger partial charge < -0.3 is 10.2 Å². The Balaban J connectivity index is 1.68. The summed E-state index contributed by atoms with van der Waals surface area (Å²) >= 11 is 0. The molecule has 1 aromatic carbocycles. The van der Waals surface area contributed by atoms with Gasteiger partial charge in [-0.15, -0.1) is 0 Å². The maximum atomic E-state index is 3.48. The van der Waals surface area contributed by atoms with Gasteiger partial charge in [-0.25, -0.2) is 0 Å². The van der Waals surface area contributed by atoms with E-state index < -0.39 is 0 Å². The number of hydrogen-bond acceptors (Lipinski definition) is 2. The fourth-order valence-electron chi connectivity index (χ4n) is 3.29. The van der Waals surface area contributed by atoms with Crippen molar-refractivity contribution in [2.75, 3.05) is 24.5 Å². The van der Waals surface area contributed by atoms with Gasteiger partial charge in [0.05, 0.1) is 0 Å². The van der Waals surface area contributed by atoms with Gasteiger partial charge >= 0.3 is 0 Å². The van der Waals surface area contributed by atoms with Gasteiger partial charge in [0.2, 0.25) is 0 Å². The van der Waals surface area contributed by atoms with Crippen LogP contribution in [-0.2, 0) is 6.42 Å². The monoisotopic (exact) mass is 288 g/mol. The summed E-state index contributed by atoms with van der Waals surface area (Å²) in [6, 6.07) is 9.67. The summed E-state index contributed by atoms with van der Waals surface area (Å²) in [6.45, 7) is 8.19. The number of benzene rings is 1. The predicted octanol–water partition coefficient (Wildman–Crippen LogP) is 4.39. The van der Waals surface area contributed by atoms with E-state index in [1.165, 1.54) is 70.3 Å². The normalized spacial score (nSPS) is 17.8. The van der Waals surface area contributed by atoms with Crippen LogP contribution < -0.4 is 10.2 Å². The Labute approximate surface area is 130 Å². The molecule has 1 aromatic rings. The van der Waals surface area contributed by atoms with E-state index in [0.29, 0.717) is 6.04 Å². The van der Waals surface area contributed by atoms with Gasteiger partial charge in [0, 0.05) is 18.3 Å². The van der Waals surface area contributed by atoms with Crippen molar-refractivity contribution in [3.05, 3.63) is 29.8 Å². The highest BCUT2D eigenvalue weighted by atomic mass is 15.2. The minimum atomic E-state index is 0.700. The van der Waals surface area contributed by atoms with Gasteiger partial charge in [0.15, 0.2) is 0 Å². The molecule has 1 heterocycles. The Morgan fingerprint density at radius 2 is 1.90 bits per heavy atom. The molecule has 0 spiro atoms. The molecule has 0 radical (unpaired) electrons. The summed E-state index contributed by atoms with van der Waals surface area (Å²) in [5, 5.41) is 3.48. The third-order valence-corrected chi connectivity index (χ3v) is 4.59. The summed E-state index contributed by atoms with van der Waals surface area (Å²) in [6.07, 6.45) is 9.17. The number of fused-ring (bicyclic) bond motifs is 1. The molecule has 2 nitrogen and oxygen atoms in total. The Kier molecular flexibility index (Phi) is 7.08. The second-order valence-corrected chi connectivity index (χ2v) is 6.37. The van der Waals surface area contributed by atoms with Crippen LogP contribution in [0.25, 0.3) is 0 Å². The van der Waals surface area contributed by atoms with E-state index in [2.05, 4.69) is 48.3 Å². The van der Waals surface area contributed by atoms with E-state index in [4.69, 9.17) is 0 Å². The molecule has 1 aliphatic rings. The van der Waals surface area contributed by atoms with Gasteiger partial charge in [-0.05, 0) is 63.7 Å². The van der Waals surface area contributed by atoms with Crippen LogP contribution in [0.15, 0.2) is 24.3 Å². The van der Waals surface area contributed by atoms with Crippen molar-refractivity contribution in [1.29, 1.82) is 0 Å². The average Bonchev–Trinajstić information content (AvgIpc) is 2.51. The molecule has 21 heavy (non-hydrogen) atoms. The van der Waals surface area contributed by atoms with Crippen molar-refractivity contribution in [3.63, 3.8) is 0 Å². The lowest BCUT2D eigenvalue weighted by molar-refractivity contribution is 0.530. The van der Waals surface area contributed by atoms with Crippen molar-refractivity contribution in [1.82, 2.24) is 5.32 Å². The van der Waals surface area contributed by atoms with Crippen LogP contribution in [0.2, 0.25) is 0 Å². The molecule has 0 aromatic heterocycles. The highest BCUT2D eigenvalue weighted by Gasteiger charge is 2.21. The molecule has 0 fully saturated rings. The van der Waals surface area contributed by atoms with E-state index in [0.717, 1.165) is 0 Å². The largest absolute Gasteiger partial charge is 0.369 e. The number of anilines is 1. The van der Waals surface area contributed by atoms with Crippen molar-refractivity contribution < 1.29 is 0 Å². The van der Waals surface area contributed by atoms with Crippen LogP contribution in [-0.4, -0.2) is 25.7 Å². The fourth-order valence-corrected chi connectivity index (χ4v) is 3.29. The first-order valence-corrected chi connectivity index (χ1v) is 8.88. The first-order chi connectivity index (χ1) is 10.3. The molecule has 0 saturated heterocycles. The molecule has 0 saturated carbocycles. The first kappa shape index (κ1) is 16.4. The van der Waals surface area contributed by atoms with E-state index in [-0.39, 0.29) is 0 Å². The molecule has 118 valence electrons. The molecule has 1 aliphatic heterocycles. The van der Waals surface area contributed by atoms with Crippen molar-refractivity contribution in [3.8, 4) is 0 Å². The third kappa shape index (κ3) is 5.03. The van der Waals surface area contributed by atoms with E-state index in [9.17, 15) is 0 Å². The summed E-state index contributed by atoms with van der Waals surface area (Å²) in [7, 11) is 0. The third-order valence-electron chi connectivity index (χ3n) is 4.59. The van der Waals surface area contributed by atoms with Crippen LogP contribution in [0.3, 0.4) is 0 Å². The van der Waals surface area contributed by atoms with Crippen LogP contribution >= 0.6 is 0 Å². The van der Waals surface area contributed by atoms with Gasteiger partial charge in [0.1, 0.15) is 0 Å². The average molecular weight is 288 g/mol. The van der Waals surface area contributed by atoms with Crippen LogP contribution in [0.4, 0.5) is 5.69 Å². The summed E-state index contributed by atoms with van der Waals surface area (Å²) in [5.74, 6) is 0. The molecular weight excluding hydrogens is 256 g/mol. The molecule has 2 heteroatoms. The quantitative estimate of drug-likeness (QED) is 0.678. The maximum Gasteiger partial charge on any atom is 0.0401 e. The predicted molar refractivity (Wildman–Crippen MR) is 93.2 cm³/mol. The number of nitrogens with one attached hydrogen (secondary N) is 1. The number of aryl methyl sites for hydroxylation is 1. The van der Waals surface area contributed by atoms with Gasteiger partial charge in [-0.2, -0.15) is 0 Å². The molecule has 0 aliphatic carbocycles. The second kappa shape index (κ2) is 9.09. The highest BCUT2D eigenvalue weighted by molar-refractivity contribution is 5.56. The molecule has 0 amide bonds. The summed E-state index contributed by atoms with van der Waals surface area (Å²) in [4.78, 5) is 2.63. The standard InChI is InChI=1S/C19H32N2/c1-3-14-20-15-8-4-5-9-16-21-17(2)12-13-18-10-6-7-11-19(18)21/h6-7,10-11,17,20H,3-5,8-9,12-16H2,1-2H3. The van der Waals surface area contributed by atoms with E-state index in [1.54, 1.807) is 5.56 Å². The van der Waals surface area contributed by atoms with Gasteiger partial charge in [-0.1, -0.05) is 38.0 Å². The van der Waals surface area contributed by atoms with Gasteiger partial charge in [0.25, 0.3) is 0 Å². The Bertz CT molecular complexity index is 402. The van der Waals surface area contributed by atoms with Crippen LogP contribution in [0, 0.1) is 0 Å². The number of nitrogens with zero attached hydrogens (tertiary/aromatic N) is 1. The lowest BCUT2D eigenvalue weighted by Crippen LogP contribution is -2.37. The Hall–Kier alpha value is -1.02. The number of para-hydroxylation sites is 1. The molecule has 0 bridgehead atoms. The van der Waals surface area contributed by atoms with Crippen molar-refractivity contribution in [2.24, 2.45) is 0 Å². The summed E-state index contributed by atoms with van der Waals surface area (Å²) in [5.41, 5.74) is 3.03. The van der Waals surface area contributed by atoms with Crippen molar-refractivity contribution in [2.45, 2.75) is 64.8 Å². The van der Waals surface area contributed by atoms with E-state index >= 15 is 0 Å². The number of unbranched alkanes of at least 4 members (excludes halogenated alkanes) is 3. The smallest absolute Gasteiger partial charge is 0.0401 e. The highest BCUT2D eigenvalue weighted by Crippen LogP contribution is 2.30. The van der Waals surface area contributed by atoms with E-state index in [1.807, 2.05) is 0 Å². The zero-order valence-electron chi connectivity index (χ0n) is 13.9. The molecule has 1 unspecified atom stereocenters. The molecular formula is C19H32N2. The lowest BCUT2D eigenvalue weighted by atomic mass is 9.96. The SMILES string of the molecule is CCCNCCCCCCN1c2ccccc2CCC1C. The summed E-state index contributed by atoms with van der Waals surface area (Å²) < 4.78 is 0. The number of hydrogen-bond donors (Lipinski definition) is 1. The maximum absolute atomic E-state index is 3.48. The minimum Gasteiger partial charge on any atom is -0.369 e. The molecule has 1 atom stereocenters. The second-order valence-electron chi connectivity index (χ2n) is 6.37. The zero-order valence-corrected chi connectivity index (χ0v) is 13.9. The first-order valence-electron chi connectivity index (χ1n) is 8.88. The van der Waals surface area contributed by atoms with Crippen molar-refractivity contribution >= 4 is 5.69 Å². The van der Waals surface area contributed by atoms with Crippen LogP contribution in [0.5, 0.6) is 0 Å². The topological polar surface area (TPSA) is 15.3 Å². The van der Waals surface area contributed by atoms with Crippen LogP contribution in [0.1, 0.15) is 57.9 Å². The fraction of sp³-hybridized carbons (Fsp3) is 0.684. The molecule has 2 rings (SSSR count). The lowest BCUT2D eigenvalue weighted by Gasteiger charge is -2.37. The number of rotatable bonds is 9. The Morgan fingerprint density at radius 1 is 1.10 bits per heavy atom.